The summed E-state index contributed by atoms with van der Waals surface area (Å²) >= 11 is 0. The molecule has 1 aromatic heterocycles. The van der Waals surface area contributed by atoms with E-state index in [4.69, 9.17) is 0 Å². The van der Waals surface area contributed by atoms with Crippen molar-refractivity contribution in [1.29, 1.82) is 0 Å². The quantitative estimate of drug-likeness (QED) is 0.562. The third-order valence-electron chi connectivity index (χ3n) is 1.82. The molecule has 0 atom stereocenters. The third kappa shape index (κ3) is 4.04. The fourth-order valence-corrected chi connectivity index (χ4v) is 1.04. The summed E-state index contributed by atoms with van der Waals surface area (Å²) in [7, 11) is 0. The van der Waals surface area contributed by atoms with Crippen LogP contribution in [0.25, 0.3) is 0 Å². The van der Waals surface area contributed by atoms with Crippen LogP contribution in [0.2, 0.25) is 0 Å². The zero-order chi connectivity index (χ0) is 10.2. The van der Waals surface area contributed by atoms with Gasteiger partial charge in [-0.05, 0) is 6.54 Å². The highest BCUT2D eigenvalue weighted by Crippen LogP contribution is 1.92. The third-order valence-corrected chi connectivity index (χ3v) is 1.82. The van der Waals surface area contributed by atoms with Gasteiger partial charge in [-0.15, -0.1) is 0 Å². The molecule has 0 fully saturated rings. The van der Waals surface area contributed by atoms with Crippen molar-refractivity contribution in [3.8, 4) is 0 Å². The lowest BCUT2D eigenvalue weighted by atomic mass is 10.3. The van der Waals surface area contributed by atoms with Crippen molar-refractivity contribution < 1.29 is 4.79 Å². The van der Waals surface area contributed by atoms with Crippen LogP contribution in [-0.2, 0) is 11.3 Å². The van der Waals surface area contributed by atoms with Crippen molar-refractivity contribution in [2.75, 3.05) is 13.1 Å². The molecule has 0 aliphatic heterocycles. The number of nitrogens with zero attached hydrogens (tertiary/aromatic N) is 1. The molecule has 1 amide bonds. The summed E-state index contributed by atoms with van der Waals surface area (Å²) in [6, 6.07) is 0. The van der Waals surface area contributed by atoms with Gasteiger partial charge >= 0.3 is 0 Å². The van der Waals surface area contributed by atoms with Crippen LogP contribution in [-0.4, -0.2) is 29.2 Å². The number of hydrogen-bond donors (Lipinski definition) is 3. The molecule has 0 unspecified atom stereocenters. The standard InChI is InChI=1S/C9H16N4O/c1-2-10-4-3-9(14)11-5-8-6-12-13-7-8/h6-7,10H,2-5H2,1H3,(H,11,14)(H,12,13). The van der Waals surface area contributed by atoms with Gasteiger partial charge in [-0.25, -0.2) is 0 Å². The monoisotopic (exact) mass is 196 g/mol. The molecule has 1 heterocycles. The molecule has 1 aromatic rings. The summed E-state index contributed by atoms with van der Waals surface area (Å²) < 4.78 is 0. The molecule has 3 N–H and O–H groups in total. The van der Waals surface area contributed by atoms with Gasteiger partial charge in [0.05, 0.1) is 6.20 Å². The van der Waals surface area contributed by atoms with E-state index in [0.29, 0.717) is 13.0 Å². The molecule has 5 heteroatoms. The number of carbonyl (C=O) groups is 1. The van der Waals surface area contributed by atoms with Gasteiger partial charge in [0.1, 0.15) is 0 Å². The average Bonchev–Trinajstić information content (AvgIpc) is 2.68. The van der Waals surface area contributed by atoms with Gasteiger partial charge in [-0.1, -0.05) is 6.92 Å². The van der Waals surface area contributed by atoms with E-state index in [2.05, 4.69) is 20.8 Å². The van der Waals surface area contributed by atoms with Gasteiger partial charge in [0.2, 0.25) is 5.91 Å². The first-order valence-corrected chi connectivity index (χ1v) is 4.78. The number of aromatic nitrogens is 2. The summed E-state index contributed by atoms with van der Waals surface area (Å²) in [5.41, 5.74) is 0.988. The SMILES string of the molecule is CCNCCC(=O)NCc1cn[nH]c1. The number of carbonyl (C=O) groups excluding carboxylic acids is 1. The summed E-state index contributed by atoms with van der Waals surface area (Å²) in [6.45, 7) is 4.19. The van der Waals surface area contributed by atoms with Crippen molar-refractivity contribution in [3.05, 3.63) is 18.0 Å². The Hall–Kier alpha value is -1.36. The molecule has 0 aliphatic rings. The number of aromatic amines is 1. The Labute approximate surface area is 83.3 Å². The summed E-state index contributed by atoms with van der Waals surface area (Å²) in [4.78, 5) is 11.2. The van der Waals surface area contributed by atoms with Crippen molar-refractivity contribution in [2.24, 2.45) is 0 Å². The Bertz CT molecular complexity index is 258. The molecule has 0 aromatic carbocycles. The maximum absolute atomic E-state index is 11.2. The maximum Gasteiger partial charge on any atom is 0.221 e. The Morgan fingerprint density at radius 3 is 3.14 bits per heavy atom. The summed E-state index contributed by atoms with van der Waals surface area (Å²) in [5, 5.41) is 12.4. The van der Waals surface area contributed by atoms with Gasteiger partial charge in [0.25, 0.3) is 0 Å². The van der Waals surface area contributed by atoms with Crippen LogP contribution in [0.3, 0.4) is 0 Å². The second-order valence-corrected chi connectivity index (χ2v) is 2.99. The van der Waals surface area contributed by atoms with E-state index in [1.807, 2.05) is 6.92 Å². The molecule has 5 nitrogen and oxygen atoms in total. The number of H-pyrrole nitrogens is 1. The second-order valence-electron chi connectivity index (χ2n) is 2.99. The van der Waals surface area contributed by atoms with Crippen molar-refractivity contribution in [3.63, 3.8) is 0 Å². The van der Waals surface area contributed by atoms with E-state index >= 15 is 0 Å². The zero-order valence-corrected chi connectivity index (χ0v) is 8.34. The Morgan fingerprint density at radius 2 is 2.50 bits per heavy atom. The van der Waals surface area contributed by atoms with Crippen LogP contribution < -0.4 is 10.6 Å². The average molecular weight is 196 g/mol. The highest BCUT2D eigenvalue weighted by atomic mass is 16.1. The van der Waals surface area contributed by atoms with Crippen LogP contribution in [0.4, 0.5) is 0 Å². The highest BCUT2D eigenvalue weighted by Gasteiger charge is 2.00. The highest BCUT2D eigenvalue weighted by molar-refractivity contribution is 5.76. The second kappa shape index (κ2) is 6.15. The molecule has 1 rings (SSSR count). The first-order valence-electron chi connectivity index (χ1n) is 4.78. The predicted molar refractivity (Wildman–Crippen MR) is 53.6 cm³/mol. The molecule has 14 heavy (non-hydrogen) atoms. The Balaban J connectivity index is 2.09. The van der Waals surface area contributed by atoms with Gasteiger partial charge in [-0.2, -0.15) is 5.10 Å². The molecular weight excluding hydrogens is 180 g/mol. The molecule has 0 saturated carbocycles. The zero-order valence-electron chi connectivity index (χ0n) is 8.34. The van der Waals surface area contributed by atoms with Gasteiger partial charge in [0, 0.05) is 31.3 Å². The molecule has 0 aliphatic carbocycles. The van der Waals surface area contributed by atoms with E-state index in [1.165, 1.54) is 0 Å². The van der Waals surface area contributed by atoms with Crippen molar-refractivity contribution in [2.45, 2.75) is 19.9 Å². The molecular formula is C9H16N4O. The van der Waals surface area contributed by atoms with E-state index in [-0.39, 0.29) is 5.91 Å². The largest absolute Gasteiger partial charge is 0.352 e. The number of amides is 1. The molecule has 0 saturated heterocycles. The lowest BCUT2D eigenvalue weighted by molar-refractivity contribution is -0.121. The van der Waals surface area contributed by atoms with Crippen LogP contribution in [0, 0.1) is 0 Å². The lowest BCUT2D eigenvalue weighted by Crippen LogP contribution is -2.27. The van der Waals surface area contributed by atoms with Crippen molar-refractivity contribution in [1.82, 2.24) is 20.8 Å². The summed E-state index contributed by atoms with van der Waals surface area (Å²) in [6.07, 6.45) is 3.99. The van der Waals surface area contributed by atoms with Crippen LogP contribution in [0.1, 0.15) is 18.9 Å². The van der Waals surface area contributed by atoms with Crippen molar-refractivity contribution >= 4 is 5.91 Å². The molecule has 0 radical (unpaired) electrons. The van der Waals surface area contributed by atoms with Crippen LogP contribution >= 0.6 is 0 Å². The minimum atomic E-state index is 0.0622. The van der Waals surface area contributed by atoms with E-state index in [1.54, 1.807) is 12.4 Å². The van der Waals surface area contributed by atoms with Crippen LogP contribution in [0.5, 0.6) is 0 Å². The minimum absolute atomic E-state index is 0.0622. The smallest absolute Gasteiger partial charge is 0.221 e. The van der Waals surface area contributed by atoms with Gasteiger partial charge in [0.15, 0.2) is 0 Å². The van der Waals surface area contributed by atoms with Gasteiger partial charge < -0.3 is 10.6 Å². The minimum Gasteiger partial charge on any atom is -0.352 e. The fraction of sp³-hybridized carbons (Fsp3) is 0.556. The van der Waals surface area contributed by atoms with E-state index in [0.717, 1.165) is 18.7 Å². The molecule has 0 bridgehead atoms. The van der Waals surface area contributed by atoms with E-state index < -0.39 is 0 Å². The first kappa shape index (κ1) is 10.7. The number of rotatable bonds is 6. The van der Waals surface area contributed by atoms with Gasteiger partial charge in [-0.3, -0.25) is 9.89 Å². The Kier molecular flexibility index (Phi) is 4.71. The lowest BCUT2D eigenvalue weighted by Gasteiger charge is -2.03. The summed E-state index contributed by atoms with van der Waals surface area (Å²) in [5.74, 6) is 0.0622. The Morgan fingerprint density at radius 1 is 1.64 bits per heavy atom. The first-order chi connectivity index (χ1) is 6.83. The maximum atomic E-state index is 11.2. The molecule has 0 spiro atoms. The van der Waals surface area contributed by atoms with Crippen LogP contribution in [0.15, 0.2) is 12.4 Å². The fourth-order valence-electron chi connectivity index (χ4n) is 1.04. The molecule has 78 valence electrons. The van der Waals surface area contributed by atoms with E-state index in [9.17, 15) is 4.79 Å². The number of nitrogens with one attached hydrogen (secondary N) is 3. The number of hydrogen-bond acceptors (Lipinski definition) is 3. The topological polar surface area (TPSA) is 69.8 Å². The predicted octanol–water partition coefficient (Wildman–Crippen LogP) is 0.0255. The normalized spacial score (nSPS) is 10.1.